The number of hydrogen-bond acceptors (Lipinski definition) is 2. The second-order valence-electron chi connectivity index (χ2n) is 5.30. The van der Waals surface area contributed by atoms with Crippen LogP contribution in [-0.4, -0.2) is 12.6 Å². The third-order valence-electron chi connectivity index (χ3n) is 3.01. The second kappa shape index (κ2) is 8.60. The molecule has 1 aromatic rings. The molecular weight excluding hydrogens is 302 g/mol. The standard InChI is InChI=1S/C16H26BrNO/c1-5-6-7-8-19-16-13(4)9-15(17)10-14(16)11-18-12(2)3/h9-10,12,18H,5-8,11H2,1-4H3. The van der Waals surface area contributed by atoms with Gasteiger partial charge in [0.25, 0.3) is 0 Å². The fourth-order valence-corrected chi connectivity index (χ4v) is 2.60. The van der Waals surface area contributed by atoms with Crippen molar-refractivity contribution in [2.45, 2.75) is 59.5 Å². The number of aryl methyl sites for hydroxylation is 1. The van der Waals surface area contributed by atoms with E-state index in [1.165, 1.54) is 24.0 Å². The van der Waals surface area contributed by atoms with Gasteiger partial charge in [-0.25, -0.2) is 0 Å². The van der Waals surface area contributed by atoms with E-state index in [9.17, 15) is 0 Å². The number of benzene rings is 1. The summed E-state index contributed by atoms with van der Waals surface area (Å²) in [6.45, 7) is 10.3. The number of nitrogens with one attached hydrogen (secondary N) is 1. The summed E-state index contributed by atoms with van der Waals surface area (Å²) in [4.78, 5) is 0. The lowest BCUT2D eigenvalue weighted by molar-refractivity contribution is 0.300. The summed E-state index contributed by atoms with van der Waals surface area (Å²) in [5.41, 5.74) is 2.43. The minimum absolute atomic E-state index is 0.479. The molecule has 0 unspecified atom stereocenters. The van der Waals surface area contributed by atoms with Gasteiger partial charge in [0.15, 0.2) is 0 Å². The molecule has 1 rings (SSSR count). The van der Waals surface area contributed by atoms with E-state index >= 15 is 0 Å². The van der Waals surface area contributed by atoms with Crippen LogP contribution in [0.3, 0.4) is 0 Å². The Hall–Kier alpha value is -0.540. The van der Waals surface area contributed by atoms with Crippen molar-refractivity contribution in [2.75, 3.05) is 6.61 Å². The summed E-state index contributed by atoms with van der Waals surface area (Å²) < 4.78 is 7.11. The zero-order valence-electron chi connectivity index (χ0n) is 12.6. The van der Waals surface area contributed by atoms with Crippen LogP contribution in [0.2, 0.25) is 0 Å². The Balaban J connectivity index is 2.74. The number of rotatable bonds is 8. The van der Waals surface area contributed by atoms with Gasteiger partial charge in [-0.1, -0.05) is 49.5 Å². The largest absolute Gasteiger partial charge is 0.493 e. The Labute approximate surface area is 126 Å². The van der Waals surface area contributed by atoms with Gasteiger partial charge >= 0.3 is 0 Å². The minimum Gasteiger partial charge on any atom is -0.493 e. The third-order valence-corrected chi connectivity index (χ3v) is 3.47. The number of ether oxygens (including phenoxy) is 1. The quantitative estimate of drug-likeness (QED) is 0.691. The van der Waals surface area contributed by atoms with Crippen LogP contribution in [0.1, 0.15) is 51.2 Å². The van der Waals surface area contributed by atoms with Crippen LogP contribution in [-0.2, 0) is 6.54 Å². The Bertz CT molecular complexity index is 391. The van der Waals surface area contributed by atoms with Gasteiger partial charge in [0, 0.05) is 22.6 Å². The second-order valence-corrected chi connectivity index (χ2v) is 6.22. The fourth-order valence-electron chi connectivity index (χ4n) is 1.98. The smallest absolute Gasteiger partial charge is 0.126 e. The van der Waals surface area contributed by atoms with Crippen molar-refractivity contribution in [2.24, 2.45) is 0 Å². The summed E-state index contributed by atoms with van der Waals surface area (Å²) in [7, 11) is 0. The van der Waals surface area contributed by atoms with Crippen LogP contribution < -0.4 is 10.1 Å². The van der Waals surface area contributed by atoms with Crippen molar-refractivity contribution < 1.29 is 4.74 Å². The van der Waals surface area contributed by atoms with Crippen molar-refractivity contribution in [1.29, 1.82) is 0 Å². The summed E-state index contributed by atoms with van der Waals surface area (Å²) in [6.07, 6.45) is 3.59. The van der Waals surface area contributed by atoms with E-state index in [4.69, 9.17) is 4.74 Å². The molecule has 0 aliphatic rings. The molecule has 1 N–H and O–H groups in total. The van der Waals surface area contributed by atoms with Gasteiger partial charge in [-0.05, 0) is 31.0 Å². The molecule has 0 saturated heterocycles. The topological polar surface area (TPSA) is 21.3 Å². The van der Waals surface area contributed by atoms with Crippen molar-refractivity contribution in [3.05, 3.63) is 27.7 Å². The first-order valence-corrected chi connectivity index (χ1v) is 7.99. The van der Waals surface area contributed by atoms with Crippen LogP contribution in [0.4, 0.5) is 0 Å². The van der Waals surface area contributed by atoms with E-state index < -0.39 is 0 Å². The molecule has 0 bridgehead atoms. The molecule has 1 aromatic carbocycles. The third kappa shape index (κ3) is 5.96. The molecular formula is C16H26BrNO. The number of hydrogen-bond donors (Lipinski definition) is 1. The highest BCUT2D eigenvalue weighted by atomic mass is 79.9. The SMILES string of the molecule is CCCCCOc1c(C)cc(Br)cc1CNC(C)C. The lowest BCUT2D eigenvalue weighted by Crippen LogP contribution is -2.22. The average molecular weight is 328 g/mol. The first-order chi connectivity index (χ1) is 9.04. The minimum atomic E-state index is 0.479. The molecule has 108 valence electrons. The van der Waals surface area contributed by atoms with Crippen LogP contribution in [0, 0.1) is 6.92 Å². The van der Waals surface area contributed by atoms with Crippen LogP contribution >= 0.6 is 15.9 Å². The predicted octanol–water partition coefficient (Wildman–Crippen LogP) is 4.82. The molecule has 0 amide bonds. The average Bonchev–Trinajstić information content (AvgIpc) is 2.34. The normalized spacial score (nSPS) is 11.1. The first-order valence-electron chi connectivity index (χ1n) is 7.19. The van der Waals surface area contributed by atoms with E-state index in [1.807, 2.05) is 0 Å². The van der Waals surface area contributed by atoms with E-state index in [2.05, 4.69) is 61.1 Å². The number of halogens is 1. The maximum Gasteiger partial charge on any atom is 0.126 e. The zero-order chi connectivity index (χ0) is 14.3. The Morgan fingerprint density at radius 1 is 1.26 bits per heavy atom. The molecule has 0 aromatic heterocycles. The van der Waals surface area contributed by atoms with Crippen LogP contribution in [0.5, 0.6) is 5.75 Å². The first kappa shape index (κ1) is 16.5. The summed E-state index contributed by atoms with van der Waals surface area (Å²) in [5, 5.41) is 3.46. The van der Waals surface area contributed by atoms with Gasteiger partial charge in [0.2, 0.25) is 0 Å². The lowest BCUT2D eigenvalue weighted by Gasteiger charge is -2.16. The summed E-state index contributed by atoms with van der Waals surface area (Å²) in [6, 6.07) is 4.75. The van der Waals surface area contributed by atoms with Gasteiger partial charge in [0.05, 0.1) is 6.61 Å². The Kier molecular flexibility index (Phi) is 7.47. The van der Waals surface area contributed by atoms with Gasteiger partial charge in [-0.3, -0.25) is 0 Å². The Morgan fingerprint density at radius 2 is 2.00 bits per heavy atom. The van der Waals surface area contributed by atoms with E-state index in [0.717, 1.165) is 29.8 Å². The zero-order valence-corrected chi connectivity index (χ0v) is 14.1. The predicted molar refractivity (Wildman–Crippen MR) is 85.9 cm³/mol. The summed E-state index contributed by atoms with van der Waals surface area (Å²) in [5.74, 6) is 1.05. The fraction of sp³-hybridized carbons (Fsp3) is 0.625. The molecule has 0 fully saturated rings. The molecule has 0 radical (unpaired) electrons. The summed E-state index contributed by atoms with van der Waals surface area (Å²) >= 11 is 3.56. The maximum absolute atomic E-state index is 6.00. The molecule has 0 aliphatic heterocycles. The van der Waals surface area contributed by atoms with Gasteiger partial charge in [0.1, 0.15) is 5.75 Å². The highest BCUT2D eigenvalue weighted by molar-refractivity contribution is 9.10. The van der Waals surface area contributed by atoms with Crippen molar-refractivity contribution in [3.63, 3.8) is 0 Å². The van der Waals surface area contributed by atoms with Crippen LogP contribution in [0.25, 0.3) is 0 Å². The molecule has 0 aliphatic carbocycles. The van der Waals surface area contributed by atoms with Crippen molar-refractivity contribution in [1.82, 2.24) is 5.32 Å². The maximum atomic E-state index is 6.00. The molecule has 2 nitrogen and oxygen atoms in total. The van der Waals surface area contributed by atoms with E-state index in [1.54, 1.807) is 0 Å². The van der Waals surface area contributed by atoms with Crippen molar-refractivity contribution in [3.8, 4) is 5.75 Å². The van der Waals surface area contributed by atoms with Gasteiger partial charge < -0.3 is 10.1 Å². The monoisotopic (exact) mass is 327 g/mol. The highest BCUT2D eigenvalue weighted by Gasteiger charge is 2.09. The van der Waals surface area contributed by atoms with E-state index in [-0.39, 0.29) is 0 Å². The number of unbranched alkanes of at least 4 members (excludes halogenated alkanes) is 2. The molecule has 0 atom stereocenters. The Morgan fingerprint density at radius 3 is 2.63 bits per heavy atom. The molecule has 0 saturated carbocycles. The van der Waals surface area contributed by atoms with Gasteiger partial charge in [-0.15, -0.1) is 0 Å². The molecule has 19 heavy (non-hydrogen) atoms. The lowest BCUT2D eigenvalue weighted by atomic mass is 10.1. The van der Waals surface area contributed by atoms with Gasteiger partial charge in [-0.2, -0.15) is 0 Å². The van der Waals surface area contributed by atoms with Crippen LogP contribution in [0.15, 0.2) is 16.6 Å². The molecule has 0 heterocycles. The molecule has 0 spiro atoms. The highest BCUT2D eigenvalue weighted by Crippen LogP contribution is 2.28. The van der Waals surface area contributed by atoms with Crippen molar-refractivity contribution >= 4 is 15.9 Å². The van der Waals surface area contributed by atoms with E-state index in [0.29, 0.717) is 6.04 Å². The molecule has 3 heteroatoms.